The van der Waals surface area contributed by atoms with E-state index in [1.54, 1.807) is 0 Å². The van der Waals surface area contributed by atoms with Crippen molar-refractivity contribution in [2.75, 3.05) is 0 Å². The molecule has 0 aliphatic heterocycles. The second-order valence-electron chi connectivity index (χ2n) is 5.97. The summed E-state index contributed by atoms with van der Waals surface area (Å²) in [5.74, 6) is 0.478. The molecule has 1 aromatic rings. The highest BCUT2D eigenvalue weighted by molar-refractivity contribution is 6.64. The molecule has 98 valence electrons. The predicted octanol–water partition coefficient (Wildman–Crippen LogP) is 4.73. The van der Waals surface area contributed by atoms with Gasteiger partial charge in [-0.2, -0.15) is 0 Å². The van der Waals surface area contributed by atoms with E-state index in [2.05, 4.69) is 32.0 Å². The maximum Gasteiger partial charge on any atom is 0.227 e. The molecule has 0 amide bonds. The Morgan fingerprint density at radius 2 is 2.06 bits per heavy atom. The van der Waals surface area contributed by atoms with Crippen LogP contribution in [0.1, 0.15) is 55.2 Å². The Hall–Kier alpha value is -0.820. The highest BCUT2D eigenvalue weighted by Crippen LogP contribution is 2.45. The first-order chi connectivity index (χ1) is 8.42. The summed E-state index contributed by atoms with van der Waals surface area (Å²) in [6.45, 7) is 6.29. The Kier molecular flexibility index (Phi) is 3.82. The van der Waals surface area contributed by atoms with Crippen LogP contribution in [-0.2, 0) is 4.79 Å². The van der Waals surface area contributed by atoms with E-state index in [-0.39, 0.29) is 10.7 Å². The monoisotopic (exact) mass is 264 g/mol. The molecule has 1 aliphatic carbocycles. The van der Waals surface area contributed by atoms with Gasteiger partial charge in [0.25, 0.3) is 0 Å². The molecule has 0 radical (unpaired) electrons. The van der Waals surface area contributed by atoms with Gasteiger partial charge in [-0.25, -0.2) is 0 Å². The molecule has 2 atom stereocenters. The quantitative estimate of drug-likeness (QED) is 0.706. The fourth-order valence-electron chi connectivity index (χ4n) is 2.97. The third kappa shape index (κ3) is 2.61. The molecule has 2 unspecified atom stereocenters. The van der Waals surface area contributed by atoms with Crippen molar-refractivity contribution >= 4 is 16.8 Å². The van der Waals surface area contributed by atoms with Crippen LogP contribution in [0.3, 0.4) is 0 Å². The maximum atomic E-state index is 11.6. The molecular weight excluding hydrogens is 244 g/mol. The summed E-state index contributed by atoms with van der Waals surface area (Å²) >= 11 is 5.77. The lowest BCUT2D eigenvalue weighted by Crippen LogP contribution is -2.30. The van der Waals surface area contributed by atoms with Gasteiger partial charge in [0.1, 0.15) is 0 Å². The van der Waals surface area contributed by atoms with Crippen molar-refractivity contribution in [3.8, 4) is 0 Å². The minimum absolute atomic E-state index is 0.170. The van der Waals surface area contributed by atoms with Crippen LogP contribution in [0, 0.1) is 19.3 Å². The number of carbonyl (C=O) groups is 1. The standard InChI is InChI=1S/C16H21ClO/c1-11-6-7-13(9-12(11)2)14-5-4-8-16(3,10-14)15(17)18/h6-7,9,14H,4-5,8,10H2,1-3H3. The summed E-state index contributed by atoms with van der Waals surface area (Å²) in [5.41, 5.74) is 3.69. The molecule has 0 aromatic heterocycles. The van der Waals surface area contributed by atoms with Gasteiger partial charge < -0.3 is 0 Å². The molecule has 0 heterocycles. The Morgan fingerprint density at radius 1 is 1.33 bits per heavy atom. The zero-order chi connectivity index (χ0) is 13.3. The van der Waals surface area contributed by atoms with Crippen LogP contribution in [0.25, 0.3) is 0 Å². The number of hydrogen-bond acceptors (Lipinski definition) is 1. The molecule has 18 heavy (non-hydrogen) atoms. The van der Waals surface area contributed by atoms with E-state index < -0.39 is 0 Å². The summed E-state index contributed by atoms with van der Waals surface area (Å²) in [5, 5.41) is -0.170. The van der Waals surface area contributed by atoms with Gasteiger partial charge in [0.05, 0.1) is 0 Å². The van der Waals surface area contributed by atoms with Gasteiger partial charge in [0.2, 0.25) is 5.24 Å². The topological polar surface area (TPSA) is 17.1 Å². The van der Waals surface area contributed by atoms with Crippen LogP contribution in [0.2, 0.25) is 0 Å². The Labute approximate surface area is 115 Å². The number of benzene rings is 1. The lowest BCUT2D eigenvalue weighted by Gasteiger charge is -2.35. The van der Waals surface area contributed by atoms with Crippen molar-refractivity contribution < 1.29 is 4.79 Å². The highest BCUT2D eigenvalue weighted by atomic mass is 35.5. The number of hydrogen-bond donors (Lipinski definition) is 0. The molecule has 2 heteroatoms. The predicted molar refractivity (Wildman–Crippen MR) is 76.1 cm³/mol. The molecule has 1 saturated carbocycles. The summed E-state index contributed by atoms with van der Waals surface area (Å²) in [4.78, 5) is 11.6. The summed E-state index contributed by atoms with van der Waals surface area (Å²) < 4.78 is 0. The summed E-state index contributed by atoms with van der Waals surface area (Å²) in [7, 11) is 0. The van der Waals surface area contributed by atoms with E-state index in [0.29, 0.717) is 5.92 Å². The molecule has 1 fully saturated rings. The van der Waals surface area contributed by atoms with Crippen LogP contribution in [0.15, 0.2) is 18.2 Å². The summed E-state index contributed by atoms with van der Waals surface area (Å²) in [6.07, 6.45) is 4.07. The Balaban J connectivity index is 2.23. The van der Waals surface area contributed by atoms with Crippen molar-refractivity contribution in [2.45, 2.75) is 52.4 Å². The van der Waals surface area contributed by atoms with E-state index in [1.807, 2.05) is 6.92 Å². The maximum absolute atomic E-state index is 11.6. The van der Waals surface area contributed by atoms with Crippen molar-refractivity contribution in [3.05, 3.63) is 34.9 Å². The van der Waals surface area contributed by atoms with Gasteiger partial charge in [-0.3, -0.25) is 4.79 Å². The van der Waals surface area contributed by atoms with Gasteiger partial charge in [-0.05, 0) is 67.3 Å². The lowest BCUT2D eigenvalue weighted by molar-refractivity contribution is -0.121. The minimum atomic E-state index is -0.330. The normalized spacial score (nSPS) is 28.1. The van der Waals surface area contributed by atoms with Crippen molar-refractivity contribution in [1.29, 1.82) is 0 Å². The molecular formula is C16H21ClO. The molecule has 1 aromatic carbocycles. The zero-order valence-electron chi connectivity index (χ0n) is 11.4. The lowest BCUT2D eigenvalue weighted by atomic mass is 9.69. The van der Waals surface area contributed by atoms with Crippen molar-refractivity contribution in [3.63, 3.8) is 0 Å². The fourth-order valence-corrected chi connectivity index (χ4v) is 3.14. The van der Waals surface area contributed by atoms with Crippen LogP contribution in [0.4, 0.5) is 0 Å². The van der Waals surface area contributed by atoms with Crippen molar-refractivity contribution in [2.24, 2.45) is 5.41 Å². The molecule has 0 spiro atoms. The Morgan fingerprint density at radius 3 is 2.67 bits per heavy atom. The average molecular weight is 265 g/mol. The smallest absolute Gasteiger partial charge is 0.227 e. The largest absolute Gasteiger partial charge is 0.281 e. The fraction of sp³-hybridized carbons (Fsp3) is 0.562. The van der Waals surface area contributed by atoms with E-state index in [0.717, 1.165) is 19.3 Å². The van der Waals surface area contributed by atoms with Gasteiger partial charge in [-0.15, -0.1) is 0 Å². The molecule has 0 saturated heterocycles. The second kappa shape index (κ2) is 5.05. The van der Waals surface area contributed by atoms with Crippen LogP contribution in [-0.4, -0.2) is 5.24 Å². The highest BCUT2D eigenvalue weighted by Gasteiger charge is 2.37. The summed E-state index contributed by atoms with van der Waals surface area (Å²) in [6, 6.07) is 6.65. The van der Waals surface area contributed by atoms with E-state index in [9.17, 15) is 4.79 Å². The van der Waals surface area contributed by atoms with E-state index in [4.69, 9.17) is 11.6 Å². The average Bonchev–Trinajstić information content (AvgIpc) is 2.32. The zero-order valence-corrected chi connectivity index (χ0v) is 12.2. The minimum Gasteiger partial charge on any atom is -0.281 e. The number of rotatable bonds is 2. The SMILES string of the molecule is Cc1ccc(C2CCCC(C)(C(=O)Cl)C2)cc1C. The van der Waals surface area contributed by atoms with Gasteiger partial charge >= 0.3 is 0 Å². The molecule has 2 rings (SSSR count). The van der Waals surface area contributed by atoms with Gasteiger partial charge in [-0.1, -0.05) is 31.5 Å². The van der Waals surface area contributed by atoms with Crippen LogP contribution < -0.4 is 0 Å². The first-order valence-corrected chi connectivity index (χ1v) is 7.07. The molecule has 0 bridgehead atoms. The molecule has 0 N–H and O–H groups in total. The second-order valence-corrected chi connectivity index (χ2v) is 6.31. The third-order valence-electron chi connectivity index (χ3n) is 4.45. The molecule has 1 aliphatic rings. The third-order valence-corrected chi connectivity index (χ3v) is 4.91. The first-order valence-electron chi connectivity index (χ1n) is 6.69. The number of halogens is 1. The van der Waals surface area contributed by atoms with Crippen molar-refractivity contribution in [1.82, 2.24) is 0 Å². The number of carbonyl (C=O) groups excluding carboxylic acids is 1. The molecule has 1 nitrogen and oxygen atoms in total. The van der Waals surface area contributed by atoms with E-state index >= 15 is 0 Å². The Bertz CT molecular complexity index is 466. The number of aryl methyl sites for hydroxylation is 2. The van der Waals surface area contributed by atoms with Crippen LogP contribution in [0.5, 0.6) is 0 Å². The first kappa shape index (κ1) is 13.6. The van der Waals surface area contributed by atoms with Gasteiger partial charge in [0, 0.05) is 5.41 Å². The van der Waals surface area contributed by atoms with Crippen LogP contribution >= 0.6 is 11.6 Å². The van der Waals surface area contributed by atoms with Gasteiger partial charge in [0.15, 0.2) is 0 Å². The van der Waals surface area contributed by atoms with E-state index in [1.165, 1.54) is 23.1 Å².